The molecule has 3 aromatic rings. The lowest BCUT2D eigenvalue weighted by Gasteiger charge is -2.33. The van der Waals surface area contributed by atoms with E-state index in [9.17, 15) is 4.79 Å². The van der Waals surface area contributed by atoms with Crippen LogP contribution >= 0.6 is 0 Å². The molecule has 0 radical (unpaired) electrons. The Hall–Kier alpha value is -2.99. The minimum absolute atomic E-state index is 0.0716. The van der Waals surface area contributed by atoms with Crippen molar-refractivity contribution in [3.05, 3.63) is 70.2 Å². The zero-order chi connectivity index (χ0) is 21.4. The maximum absolute atomic E-state index is 13.2. The lowest BCUT2D eigenvalue weighted by molar-refractivity contribution is -0.0246. The van der Waals surface area contributed by atoms with Gasteiger partial charge in [0.05, 0.1) is 35.8 Å². The van der Waals surface area contributed by atoms with E-state index in [2.05, 4.69) is 17.3 Å². The van der Waals surface area contributed by atoms with Gasteiger partial charge in [-0.2, -0.15) is 0 Å². The normalized spacial score (nSPS) is 18.3. The Morgan fingerprint density at radius 3 is 2.94 bits per heavy atom. The van der Waals surface area contributed by atoms with Gasteiger partial charge in [0.25, 0.3) is 5.91 Å². The molecule has 0 spiro atoms. The number of fused-ring (bicyclic) bond motifs is 1. The number of ether oxygens (including phenoxy) is 1. The summed E-state index contributed by atoms with van der Waals surface area (Å²) >= 11 is 0. The molecule has 1 saturated heterocycles. The minimum atomic E-state index is -0.252. The van der Waals surface area contributed by atoms with E-state index in [0.717, 1.165) is 53.2 Å². The molecule has 1 aliphatic carbocycles. The summed E-state index contributed by atoms with van der Waals surface area (Å²) in [6, 6.07) is 12.1. The number of morpholine rings is 1. The number of hydrogen-bond donors (Lipinski definition) is 0. The van der Waals surface area contributed by atoms with E-state index in [1.807, 2.05) is 43.0 Å². The van der Waals surface area contributed by atoms with Crippen LogP contribution in [0.25, 0.3) is 11.3 Å². The second-order valence-corrected chi connectivity index (χ2v) is 8.32. The number of aryl methyl sites for hydroxylation is 4. The maximum Gasteiger partial charge on any atom is 0.254 e. The lowest BCUT2D eigenvalue weighted by Crippen LogP contribution is -2.42. The highest BCUT2D eigenvalue weighted by atomic mass is 16.5. The number of benzene rings is 1. The zero-order valence-corrected chi connectivity index (χ0v) is 18.1. The average Bonchev–Trinajstić information content (AvgIpc) is 3.44. The molecule has 1 aromatic carbocycles. The first kappa shape index (κ1) is 19.9. The van der Waals surface area contributed by atoms with Crippen molar-refractivity contribution in [3.8, 4) is 11.3 Å². The number of pyridine rings is 1. The maximum atomic E-state index is 13.2. The van der Waals surface area contributed by atoms with Gasteiger partial charge in [-0.25, -0.2) is 4.98 Å². The third-order valence-electron chi connectivity index (χ3n) is 6.31. The van der Waals surface area contributed by atoms with Gasteiger partial charge < -0.3 is 14.2 Å². The molecule has 6 heteroatoms. The number of rotatable bonds is 4. The van der Waals surface area contributed by atoms with Gasteiger partial charge in [-0.3, -0.25) is 4.79 Å². The first-order chi connectivity index (χ1) is 15.1. The van der Waals surface area contributed by atoms with Gasteiger partial charge in [-0.15, -0.1) is 0 Å². The van der Waals surface area contributed by atoms with Crippen molar-refractivity contribution < 1.29 is 14.1 Å². The molecule has 0 bridgehead atoms. The molecule has 1 atom stereocenters. The van der Waals surface area contributed by atoms with Crippen LogP contribution in [0.5, 0.6) is 0 Å². The Balaban J connectivity index is 1.37. The smallest absolute Gasteiger partial charge is 0.254 e. The fourth-order valence-corrected chi connectivity index (χ4v) is 4.66. The summed E-state index contributed by atoms with van der Waals surface area (Å²) in [6.45, 7) is 5.56. The molecule has 0 N–H and O–H groups in total. The zero-order valence-electron chi connectivity index (χ0n) is 18.1. The number of nitrogens with zero attached hydrogens (tertiary/aromatic N) is 3. The van der Waals surface area contributed by atoms with E-state index in [1.165, 1.54) is 17.5 Å². The highest BCUT2D eigenvalue weighted by Crippen LogP contribution is 2.29. The van der Waals surface area contributed by atoms with Crippen LogP contribution < -0.4 is 0 Å². The third kappa shape index (κ3) is 3.76. The SMILES string of the molecule is CCc1onc(C)c1-c1cccc([C@@H]2CN(C(=O)c3ccc4c(c3)CCC4)CCO2)n1. The fraction of sp³-hybridized carbons (Fsp3) is 0.400. The highest BCUT2D eigenvalue weighted by Gasteiger charge is 2.28. The van der Waals surface area contributed by atoms with Crippen LogP contribution in [-0.2, 0) is 24.0 Å². The second-order valence-electron chi connectivity index (χ2n) is 8.32. The summed E-state index contributed by atoms with van der Waals surface area (Å²) < 4.78 is 11.5. The van der Waals surface area contributed by atoms with E-state index in [4.69, 9.17) is 14.2 Å². The Labute approximate surface area is 182 Å². The van der Waals surface area contributed by atoms with Crippen LogP contribution in [0.3, 0.4) is 0 Å². The van der Waals surface area contributed by atoms with Crippen LogP contribution in [0, 0.1) is 6.92 Å². The first-order valence-electron chi connectivity index (χ1n) is 11.1. The van der Waals surface area contributed by atoms with Crippen LogP contribution in [0.15, 0.2) is 40.9 Å². The van der Waals surface area contributed by atoms with E-state index >= 15 is 0 Å². The Bertz CT molecular complexity index is 1120. The largest absolute Gasteiger partial charge is 0.368 e. The molecule has 160 valence electrons. The topological polar surface area (TPSA) is 68.5 Å². The lowest BCUT2D eigenvalue weighted by atomic mass is 10.0. The van der Waals surface area contributed by atoms with E-state index in [-0.39, 0.29) is 12.0 Å². The van der Waals surface area contributed by atoms with Gasteiger partial charge in [0.15, 0.2) is 0 Å². The highest BCUT2D eigenvalue weighted by molar-refractivity contribution is 5.94. The predicted molar refractivity (Wildman–Crippen MR) is 117 cm³/mol. The molecule has 2 aliphatic rings. The number of hydrogen-bond acceptors (Lipinski definition) is 5. The second kappa shape index (κ2) is 8.27. The molecule has 31 heavy (non-hydrogen) atoms. The van der Waals surface area contributed by atoms with Crippen LogP contribution in [-0.4, -0.2) is 40.6 Å². The van der Waals surface area contributed by atoms with E-state index in [1.54, 1.807) is 0 Å². The molecular weight excluding hydrogens is 390 g/mol. The average molecular weight is 418 g/mol. The number of aromatic nitrogens is 2. The number of carbonyl (C=O) groups is 1. The standard InChI is InChI=1S/C25H27N3O3/c1-3-22-24(16(2)27-31-22)21-9-5-8-20(26-21)23-15-28(12-13-30-23)25(29)19-11-10-17-6-4-7-18(17)14-19/h5,8-11,14,23H,3-4,6-7,12-13,15H2,1-2H3/t23-/m0/s1. The molecule has 0 saturated carbocycles. The molecule has 1 fully saturated rings. The van der Waals surface area contributed by atoms with Crippen molar-refractivity contribution in [2.75, 3.05) is 19.7 Å². The van der Waals surface area contributed by atoms with Crippen LogP contribution in [0.4, 0.5) is 0 Å². The summed E-state index contributed by atoms with van der Waals surface area (Å²) in [5, 5.41) is 4.10. The molecule has 2 aromatic heterocycles. The van der Waals surface area contributed by atoms with Crippen molar-refractivity contribution >= 4 is 5.91 Å². The molecule has 3 heterocycles. The molecule has 6 nitrogen and oxygen atoms in total. The Kier molecular flexibility index (Phi) is 5.32. The van der Waals surface area contributed by atoms with E-state index < -0.39 is 0 Å². The predicted octanol–water partition coefficient (Wildman–Crippen LogP) is 4.31. The summed E-state index contributed by atoms with van der Waals surface area (Å²) in [4.78, 5) is 19.9. The minimum Gasteiger partial charge on any atom is -0.368 e. The third-order valence-corrected chi connectivity index (χ3v) is 6.31. The van der Waals surface area contributed by atoms with Crippen molar-refractivity contribution in [1.29, 1.82) is 0 Å². The van der Waals surface area contributed by atoms with Crippen molar-refractivity contribution in [2.45, 2.75) is 45.6 Å². The summed E-state index contributed by atoms with van der Waals surface area (Å²) in [5.74, 6) is 0.905. The summed E-state index contributed by atoms with van der Waals surface area (Å²) in [7, 11) is 0. The van der Waals surface area contributed by atoms with Gasteiger partial charge in [0.2, 0.25) is 0 Å². The molecule has 0 unspecified atom stereocenters. The van der Waals surface area contributed by atoms with Gasteiger partial charge in [-0.1, -0.05) is 24.2 Å². The van der Waals surface area contributed by atoms with E-state index in [0.29, 0.717) is 19.7 Å². The number of carbonyl (C=O) groups excluding carboxylic acids is 1. The summed E-state index contributed by atoms with van der Waals surface area (Å²) in [6.07, 6.45) is 3.88. The van der Waals surface area contributed by atoms with Crippen LogP contribution in [0.2, 0.25) is 0 Å². The quantitative estimate of drug-likeness (QED) is 0.633. The van der Waals surface area contributed by atoms with Crippen molar-refractivity contribution in [3.63, 3.8) is 0 Å². The fourth-order valence-electron chi connectivity index (χ4n) is 4.66. The summed E-state index contributed by atoms with van der Waals surface area (Å²) in [5.41, 5.74) is 6.92. The van der Waals surface area contributed by atoms with Crippen molar-refractivity contribution in [2.24, 2.45) is 0 Å². The molecule has 1 aliphatic heterocycles. The molecule has 1 amide bonds. The molecular formula is C25H27N3O3. The van der Waals surface area contributed by atoms with Gasteiger partial charge in [0.1, 0.15) is 11.9 Å². The monoisotopic (exact) mass is 417 g/mol. The Morgan fingerprint density at radius 2 is 2.06 bits per heavy atom. The van der Waals surface area contributed by atoms with Gasteiger partial charge in [0, 0.05) is 18.5 Å². The molecule has 5 rings (SSSR count). The van der Waals surface area contributed by atoms with Gasteiger partial charge in [-0.05, 0) is 61.6 Å². The van der Waals surface area contributed by atoms with Crippen molar-refractivity contribution in [1.82, 2.24) is 15.0 Å². The van der Waals surface area contributed by atoms with Crippen LogP contribution in [0.1, 0.15) is 58.1 Å². The number of amides is 1. The first-order valence-corrected chi connectivity index (χ1v) is 11.1. The Morgan fingerprint density at radius 1 is 1.19 bits per heavy atom. The van der Waals surface area contributed by atoms with Gasteiger partial charge >= 0.3 is 0 Å².